The van der Waals surface area contributed by atoms with E-state index in [1.54, 1.807) is 6.33 Å². The summed E-state index contributed by atoms with van der Waals surface area (Å²) in [6.45, 7) is 2.05. The summed E-state index contributed by atoms with van der Waals surface area (Å²) in [6.07, 6.45) is 7.98. The van der Waals surface area contributed by atoms with Crippen molar-refractivity contribution in [1.82, 2.24) is 14.8 Å². The fourth-order valence-electron chi connectivity index (χ4n) is 6.12. The first-order chi connectivity index (χ1) is 12.5. The third-order valence-corrected chi connectivity index (χ3v) is 6.94. The van der Waals surface area contributed by atoms with Crippen LogP contribution in [-0.4, -0.2) is 20.7 Å². The predicted octanol–water partition coefficient (Wildman–Crippen LogP) is 4.17. The topological polar surface area (TPSA) is 59.8 Å². The van der Waals surface area contributed by atoms with E-state index in [2.05, 4.69) is 22.3 Å². The number of hydrogen-bond acceptors (Lipinski definition) is 3. The third-order valence-electron chi connectivity index (χ3n) is 6.77. The molecule has 1 amide bonds. The summed E-state index contributed by atoms with van der Waals surface area (Å²) < 4.78 is 1.96. The number of benzene rings is 1. The van der Waals surface area contributed by atoms with E-state index in [4.69, 9.17) is 11.6 Å². The van der Waals surface area contributed by atoms with E-state index in [1.807, 2.05) is 28.9 Å². The third kappa shape index (κ3) is 2.48. The summed E-state index contributed by atoms with van der Waals surface area (Å²) in [7, 11) is 0. The molecule has 0 saturated heterocycles. The Kier molecular flexibility index (Phi) is 3.48. The minimum Gasteiger partial charge on any atom is -0.326 e. The highest BCUT2D eigenvalue weighted by molar-refractivity contribution is 6.28. The van der Waals surface area contributed by atoms with Gasteiger partial charge in [-0.2, -0.15) is 0 Å². The van der Waals surface area contributed by atoms with Crippen LogP contribution in [0.2, 0.25) is 5.28 Å². The van der Waals surface area contributed by atoms with Gasteiger partial charge in [0.2, 0.25) is 11.2 Å². The van der Waals surface area contributed by atoms with Gasteiger partial charge in [-0.3, -0.25) is 4.79 Å². The van der Waals surface area contributed by atoms with Crippen molar-refractivity contribution in [2.75, 3.05) is 5.32 Å². The molecule has 0 aliphatic heterocycles. The van der Waals surface area contributed by atoms with Gasteiger partial charge in [0.25, 0.3) is 0 Å². The number of carbonyl (C=O) groups excluding carboxylic acids is 1. The molecule has 2 aromatic rings. The summed E-state index contributed by atoms with van der Waals surface area (Å²) in [6, 6.07) is 8.05. The molecule has 0 radical (unpaired) electrons. The lowest BCUT2D eigenvalue weighted by Gasteiger charge is -2.60. The van der Waals surface area contributed by atoms with Crippen molar-refractivity contribution in [3.63, 3.8) is 0 Å². The summed E-state index contributed by atoms with van der Waals surface area (Å²) in [5.74, 6) is 1.34. The average molecular weight is 371 g/mol. The first-order valence-corrected chi connectivity index (χ1v) is 9.80. The number of halogens is 1. The highest BCUT2D eigenvalue weighted by Gasteiger charge is 2.61. The fourth-order valence-corrected chi connectivity index (χ4v) is 6.24. The zero-order valence-electron chi connectivity index (χ0n) is 14.9. The first kappa shape index (κ1) is 16.3. The fraction of sp³-hybridized carbons (Fsp3) is 0.550. The molecule has 1 aromatic heterocycles. The van der Waals surface area contributed by atoms with Gasteiger partial charge in [-0.1, -0.05) is 17.7 Å². The summed E-state index contributed by atoms with van der Waals surface area (Å²) in [4.78, 5) is 17.5. The minimum atomic E-state index is -0.298. The lowest BCUT2D eigenvalue weighted by molar-refractivity contribution is -0.150. The van der Waals surface area contributed by atoms with Crippen LogP contribution >= 0.6 is 11.6 Å². The van der Waals surface area contributed by atoms with E-state index in [9.17, 15) is 4.79 Å². The Morgan fingerprint density at radius 1 is 1.19 bits per heavy atom. The van der Waals surface area contributed by atoms with Crippen LogP contribution in [0.15, 0.2) is 30.6 Å². The molecule has 4 aliphatic rings. The van der Waals surface area contributed by atoms with E-state index < -0.39 is 0 Å². The number of amides is 1. The standard InChI is InChI=1S/C20H23ClN4O/c1-13-2-4-16(5-3-13)23-17(26)19-7-14-6-15(8-19)10-20(9-14,11-19)25-12-22-18(21)24-25/h2-5,12,14-15H,6-11H2,1H3,(H,23,26)/t14-,15-,19?,20?/m0/s1. The van der Waals surface area contributed by atoms with E-state index in [1.165, 1.54) is 12.0 Å². The summed E-state index contributed by atoms with van der Waals surface area (Å²) >= 11 is 6.00. The van der Waals surface area contributed by atoms with Crippen LogP contribution in [0.25, 0.3) is 0 Å². The molecule has 4 saturated carbocycles. The maximum Gasteiger partial charge on any atom is 0.242 e. The molecule has 26 heavy (non-hydrogen) atoms. The maximum absolute atomic E-state index is 13.3. The molecule has 1 heterocycles. The number of nitrogens with one attached hydrogen (secondary N) is 1. The predicted molar refractivity (Wildman–Crippen MR) is 99.9 cm³/mol. The Labute approximate surface area is 158 Å². The van der Waals surface area contributed by atoms with Gasteiger partial charge < -0.3 is 5.32 Å². The van der Waals surface area contributed by atoms with Crippen molar-refractivity contribution in [2.24, 2.45) is 17.3 Å². The van der Waals surface area contributed by atoms with E-state index in [0.29, 0.717) is 17.1 Å². The van der Waals surface area contributed by atoms with Gasteiger partial charge in [0.1, 0.15) is 6.33 Å². The average Bonchev–Trinajstić information content (AvgIpc) is 3.03. The normalized spacial score (nSPS) is 34.8. The van der Waals surface area contributed by atoms with Crippen molar-refractivity contribution in [3.8, 4) is 0 Å². The van der Waals surface area contributed by atoms with Gasteiger partial charge in [-0.15, -0.1) is 5.10 Å². The highest BCUT2D eigenvalue weighted by atomic mass is 35.5. The zero-order valence-corrected chi connectivity index (χ0v) is 15.7. The molecule has 4 fully saturated rings. The number of anilines is 1. The molecule has 5 nitrogen and oxygen atoms in total. The van der Waals surface area contributed by atoms with Crippen molar-refractivity contribution in [3.05, 3.63) is 41.4 Å². The number of rotatable bonds is 3. The maximum atomic E-state index is 13.3. The molecule has 1 N–H and O–H groups in total. The number of aryl methyl sites for hydroxylation is 1. The molecule has 6 rings (SSSR count). The lowest BCUT2D eigenvalue weighted by atomic mass is 9.46. The van der Waals surface area contributed by atoms with Crippen molar-refractivity contribution < 1.29 is 4.79 Å². The largest absolute Gasteiger partial charge is 0.326 e. The van der Waals surface area contributed by atoms with Crippen molar-refractivity contribution >= 4 is 23.2 Å². The Balaban J connectivity index is 1.46. The summed E-state index contributed by atoms with van der Waals surface area (Å²) in [5, 5.41) is 7.90. The lowest BCUT2D eigenvalue weighted by Crippen LogP contribution is -2.60. The van der Waals surface area contributed by atoms with Crippen molar-refractivity contribution in [1.29, 1.82) is 0 Å². The van der Waals surface area contributed by atoms with Gasteiger partial charge in [0, 0.05) is 5.69 Å². The second-order valence-corrected chi connectivity index (χ2v) is 9.08. The molecule has 2 atom stereocenters. The van der Waals surface area contributed by atoms with Gasteiger partial charge in [0.05, 0.1) is 11.0 Å². The number of aromatic nitrogens is 3. The Hall–Kier alpha value is -1.88. The molecule has 6 heteroatoms. The molecule has 0 unspecified atom stereocenters. The minimum absolute atomic E-state index is 0.102. The number of carbonyl (C=O) groups is 1. The second-order valence-electron chi connectivity index (χ2n) is 8.74. The molecular weight excluding hydrogens is 348 g/mol. The van der Waals surface area contributed by atoms with E-state index in [0.717, 1.165) is 37.8 Å². The van der Waals surface area contributed by atoms with Crippen LogP contribution < -0.4 is 5.32 Å². The molecule has 4 aliphatic carbocycles. The van der Waals surface area contributed by atoms with Gasteiger partial charge in [0.15, 0.2) is 0 Å². The van der Waals surface area contributed by atoms with Crippen molar-refractivity contribution in [2.45, 2.75) is 51.0 Å². The van der Waals surface area contributed by atoms with Gasteiger partial charge in [-0.05, 0) is 81.0 Å². The zero-order chi connectivity index (χ0) is 17.9. The quantitative estimate of drug-likeness (QED) is 0.881. The van der Waals surface area contributed by atoms with Crippen LogP contribution in [-0.2, 0) is 10.3 Å². The Bertz CT molecular complexity index is 845. The number of hydrogen-bond donors (Lipinski definition) is 1. The van der Waals surface area contributed by atoms with Crippen LogP contribution in [0.1, 0.15) is 44.1 Å². The SMILES string of the molecule is Cc1ccc(NC(=O)C23C[C@@H]4C[C@@H](C2)CC(n2cnc(Cl)n2)(C4)C3)cc1. The molecule has 136 valence electrons. The second kappa shape index (κ2) is 5.56. The Morgan fingerprint density at radius 3 is 2.50 bits per heavy atom. The Morgan fingerprint density at radius 2 is 1.88 bits per heavy atom. The number of nitrogens with zero attached hydrogens (tertiary/aromatic N) is 3. The van der Waals surface area contributed by atoms with Crippen LogP contribution in [0.5, 0.6) is 0 Å². The van der Waals surface area contributed by atoms with E-state index >= 15 is 0 Å². The molecular formula is C20H23ClN4O. The smallest absolute Gasteiger partial charge is 0.242 e. The molecule has 4 bridgehead atoms. The van der Waals surface area contributed by atoms with Gasteiger partial charge >= 0.3 is 0 Å². The van der Waals surface area contributed by atoms with Crippen LogP contribution in [0.4, 0.5) is 5.69 Å². The monoisotopic (exact) mass is 370 g/mol. The highest BCUT2D eigenvalue weighted by Crippen LogP contribution is 2.64. The van der Waals surface area contributed by atoms with Crippen LogP contribution in [0.3, 0.4) is 0 Å². The molecule has 1 aromatic carbocycles. The van der Waals surface area contributed by atoms with Crippen LogP contribution in [0, 0.1) is 24.2 Å². The van der Waals surface area contributed by atoms with Gasteiger partial charge in [-0.25, -0.2) is 9.67 Å². The van der Waals surface area contributed by atoms with E-state index in [-0.39, 0.29) is 16.9 Å². The molecule has 0 spiro atoms. The first-order valence-electron chi connectivity index (χ1n) is 9.42. The summed E-state index contributed by atoms with van der Waals surface area (Å²) in [5.41, 5.74) is 1.68.